The van der Waals surface area contributed by atoms with Crippen LogP contribution in [0.25, 0.3) is 5.65 Å². The molecule has 4 nitrogen and oxygen atoms in total. The molecule has 0 spiro atoms. The lowest BCUT2D eigenvalue weighted by atomic mass is 10.3. The first-order chi connectivity index (χ1) is 11.1. The molecule has 0 atom stereocenters. The summed E-state index contributed by atoms with van der Waals surface area (Å²) in [6.45, 7) is 0.284. The quantitative estimate of drug-likeness (QED) is 0.730. The van der Waals surface area contributed by atoms with Crippen molar-refractivity contribution in [3.63, 3.8) is 0 Å². The minimum absolute atomic E-state index is 0.00768. The number of halogens is 2. The molecule has 0 unspecified atom stereocenters. The topological polar surface area (TPSA) is 46.4 Å². The zero-order valence-corrected chi connectivity index (χ0v) is 12.8. The summed E-state index contributed by atoms with van der Waals surface area (Å²) < 4.78 is 28.4. The molecule has 1 N–H and O–H groups in total. The molecule has 0 bridgehead atoms. The number of fused-ring (bicyclic) bond motifs is 1. The summed E-state index contributed by atoms with van der Waals surface area (Å²) in [5, 5.41) is 2.71. The molecule has 3 aromatic rings. The Balaban J connectivity index is 1.54. The Morgan fingerprint density at radius 2 is 2.13 bits per heavy atom. The summed E-state index contributed by atoms with van der Waals surface area (Å²) >= 11 is 0.957. The van der Waals surface area contributed by atoms with Crippen LogP contribution < -0.4 is 5.32 Å². The first kappa shape index (κ1) is 15.5. The van der Waals surface area contributed by atoms with Gasteiger partial charge in [-0.3, -0.25) is 4.79 Å². The SMILES string of the molecule is O=C(CSc1cc(F)ccc1F)NCc1cn2ccccc2n1. The molecule has 1 amide bonds. The third-order valence-electron chi connectivity index (χ3n) is 3.13. The number of rotatable bonds is 5. The van der Waals surface area contributed by atoms with Gasteiger partial charge in [0, 0.05) is 17.3 Å². The number of carbonyl (C=O) groups excluding carboxylic acids is 1. The molecule has 0 aliphatic carbocycles. The van der Waals surface area contributed by atoms with Gasteiger partial charge in [-0.1, -0.05) is 6.07 Å². The van der Waals surface area contributed by atoms with Crippen molar-refractivity contribution in [3.8, 4) is 0 Å². The van der Waals surface area contributed by atoms with Gasteiger partial charge in [-0.05, 0) is 30.3 Å². The van der Waals surface area contributed by atoms with E-state index in [0.717, 1.165) is 41.3 Å². The van der Waals surface area contributed by atoms with E-state index in [0.29, 0.717) is 0 Å². The monoisotopic (exact) mass is 333 g/mol. The maximum atomic E-state index is 13.5. The fourth-order valence-electron chi connectivity index (χ4n) is 2.04. The van der Waals surface area contributed by atoms with E-state index in [2.05, 4.69) is 10.3 Å². The first-order valence-corrected chi connectivity index (χ1v) is 7.87. The second-order valence-corrected chi connectivity index (χ2v) is 5.86. The molecule has 0 aliphatic heterocycles. The van der Waals surface area contributed by atoms with Gasteiger partial charge in [-0.15, -0.1) is 11.8 Å². The number of nitrogens with zero attached hydrogens (tertiary/aromatic N) is 2. The Hall–Kier alpha value is -2.41. The van der Waals surface area contributed by atoms with Crippen LogP contribution in [0.15, 0.2) is 53.7 Å². The maximum Gasteiger partial charge on any atom is 0.230 e. The summed E-state index contributed by atoms with van der Waals surface area (Å²) in [6, 6.07) is 8.81. The summed E-state index contributed by atoms with van der Waals surface area (Å²) in [6.07, 6.45) is 3.70. The van der Waals surface area contributed by atoms with Gasteiger partial charge in [0.1, 0.15) is 17.3 Å². The standard InChI is InChI=1S/C16H13F2N3OS/c17-11-4-5-13(18)14(7-11)23-10-16(22)19-8-12-9-21-6-2-1-3-15(21)20-12/h1-7,9H,8,10H2,(H,19,22). The van der Waals surface area contributed by atoms with Gasteiger partial charge in [0.15, 0.2) is 0 Å². The van der Waals surface area contributed by atoms with Crippen molar-refractivity contribution in [1.29, 1.82) is 0 Å². The molecule has 118 valence electrons. The maximum absolute atomic E-state index is 13.5. The van der Waals surface area contributed by atoms with Crippen molar-refractivity contribution in [1.82, 2.24) is 14.7 Å². The highest BCUT2D eigenvalue weighted by Crippen LogP contribution is 2.22. The summed E-state index contributed by atoms with van der Waals surface area (Å²) in [4.78, 5) is 16.3. The first-order valence-electron chi connectivity index (χ1n) is 6.89. The largest absolute Gasteiger partial charge is 0.350 e. The van der Waals surface area contributed by atoms with Crippen LogP contribution in [0.5, 0.6) is 0 Å². The normalized spacial score (nSPS) is 10.9. The number of imidazole rings is 1. The van der Waals surface area contributed by atoms with Crippen LogP contribution in [-0.2, 0) is 11.3 Å². The Kier molecular flexibility index (Phi) is 4.57. The highest BCUT2D eigenvalue weighted by Gasteiger charge is 2.09. The molecular formula is C16H13F2N3OS. The second kappa shape index (κ2) is 6.78. The minimum Gasteiger partial charge on any atom is -0.350 e. The van der Waals surface area contributed by atoms with E-state index in [1.807, 2.05) is 35.0 Å². The number of thioether (sulfide) groups is 1. The van der Waals surface area contributed by atoms with E-state index in [-0.39, 0.29) is 23.1 Å². The Bertz CT molecular complexity index is 817. The van der Waals surface area contributed by atoms with E-state index >= 15 is 0 Å². The lowest BCUT2D eigenvalue weighted by molar-refractivity contribution is -0.118. The molecular weight excluding hydrogens is 320 g/mol. The zero-order chi connectivity index (χ0) is 16.2. The van der Waals surface area contributed by atoms with Gasteiger partial charge >= 0.3 is 0 Å². The van der Waals surface area contributed by atoms with E-state index in [1.165, 1.54) is 0 Å². The van der Waals surface area contributed by atoms with E-state index in [9.17, 15) is 13.6 Å². The van der Waals surface area contributed by atoms with E-state index in [4.69, 9.17) is 0 Å². The lowest BCUT2D eigenvalue weighted by Gasteiger charge is -2.04. The number of amides is 1. The molecule has 0 saturated carbocycles. The lowest BCUT2D eigenvalue weighted by Crippen LogP contribution is -2.24. The molecule has 0 radical (unpaired) electrons. The van der Waals surface area contributed by atoms with Gasteiger partial charge in [0.2, 0.25) is 5.91 Å². The fourth-order valence-corrected chi connectivity index (χ4v) is 2.83. The van der Waals surface area contributed by atoms with Crippen LogP contribution in [0.4, 0.5) is 8.78 Å². The average Bonchev–Trinajstić information content (AvgIpc) is 2.96. The van der Waals surface area contributed by atoms with E-state index < -0.39 is 11.6 Å². The third-order valence-corrected chi connectivity index (χ3v) is 4.16. The number of carbonyl (C=O) groups is 1. The molecule has 7 heteroatoms. The highest BCUT2D eigenvalue weighted by atomic mass is 32.2. The van der Waals surface area contributed by atoms with Crippen LogP contribution in [-0.4, -0.2) is 21.0 Å². The number of benzene rings is 1. The van der Waals surface area contributed by atoms with Crippen LogP contribution in [0.3, 0.4) is 0 Å². The van der Waals surface area contributed by atoms with Gasteiger partial charge in [-0.2, -0.15) is 0 Å². The molecule has 23 heavy (non-hydrogen) atoms. The Morgan fingerprint density at radius 3 is 2.96 bits per heavy atom. The van der Waals surface area contributed by atoms with Crippen molar-refractivity contribution in [3.05, 3.63) is 66.1 Å². The summed E-state index contributed by atoms with van der Waals surface area (Å²) in [5.41, 5.74) is 1.53. The number of pyridine rings is 1. The summed E-state index contributed by atoms with van der Waals surface area (Å²) in [5.74, 6) is -1.33. The number of hydrogen-bond acceptors (Lipinski definition) is 3. The van der Waals surface area contributed by atoms with Crippen molar-refractivity contribution in [2.45, 2.75) is 11.4 Å². The molecule has 0 saturated heterocycles. The number of hydrogen-bond donors (Lipinski definition) is 1. The van der Waals surface area contributed by atoms with Gasteiger partial charge in [0.05, 0.1) is 18.0 Å². The van der Waals surface area contributed by atoms with Crippen LogP contribution >= 0.6 is 11.8 Å². The molecule has 0 fully saturated rings. The molecule has 2 heterocycles. The Labute approximate surface area is 135 Å². The van der Waals surface area contributed by atoms with Crippen molar-refractivity contribution in [2.75, 3.05) is 5.75 Å². The van der Waals surface area contributed by atoms with E-state index in [1.54, 1.807) is 0 Å². The van der Waals surface area contributed by atoms with Crippen molar-refractivity contribution >= 4 is 23.3 Å². The second-order valence-electron chi connectivity index (χ2n) is 4.84. The smallest absolute Gasteiger partial charge is 0.230 e. The molecule has 1 aromatic carbocycles. The van der Waals surface area contributed by atoms with Crippen LogP contribution in [0.2, 0.25) is 0 Å². The molecule has 2 aromatic heterocycles. The predicted octanol–water partition coefficient (Wildman–Crippen LogP) is 3.02. The average molecular weight is 333 g/mol. The third kappa shape index (κ3) is 3.87. The number of aromatic nitrogens is 2. The zero-order valence-electron chi connectivity index (χ0n) is 12.0. The van der Waals surface area contributed by atoms with Crippen LogP contribution in [0, 0.1) is 11.6 Å². The fraction of sp³-hybridized carbons (Fsp3) is 0.125. The van der Waals surface area contributed by atoms with Gasteiger partial charge < -0.3 is 9.72 Å². The van der Waals surface area contributed by atoms with Gasteiger partial charge in [0.25, 0.3) is 0 Å². The highest BCUT2D eigenvalue weighted by molar-refractivity contribution is 8.00. The number of nitrogens with one attached hydrogen (secondary N) is 1. The molecule has 3 rings (SSSR count). The summed E-state index contributed by atoms with van der Waals surface area (Å²) in [7, 11) is 0. The van der Waals surface area contributed by atoms with Crippen molar-refractivity contribution in [2.24, 2.45) is 0 Å². The minimum atomic E-state index is -0.537. The predicted molar refractivity (Wildman–Crippen MR) is 84.1 cm³/mol. The van der Waals surface area contributed by atoms with Crippen LogP contribution in [0.1, 0.15) is 5.69 Å². The van der Waals surface area contributed by atoms with Gasteiger partial charge in [-0.25, -0.2) is 13.8 Å². The van der Waals surface area contributed by atoms with Crippen molar-refractivity contribution < 1.29 is 13.6 Å². The Morgan fingerprint density at radius 1 is 1.26 bits per heavy atom. The molecule has 0 aliphatic rings.